The monoisotopic (exact) mass is 283 g/mol. The molecule has 0 heterocycles. The van der Waals surface area contributed by atoms with Gasteiger partial charge >= 0.3 is 0 Å². The van der Waals surface area contributed by atoms with E-state index >= 15 is 0 Å². The summed E-state index contributed by atoms with van der Waals surface area (Å²) >= 11 is 1.36. The number of carbonyl (C=O) groups is 1. The third kappa shape index (κ3) is 4.51. The molecule has 1 aromatic rings. The van der Waals surface area contributed by atoms with E-state index in [9.17, 15) is 14.3 Å². The normalized spacial score (nSPS) is 17.4. The number of hydrogen-bond donors (Lipinski definition) is 2. The molecule has 104 valence electrons. The number of carbonyl (C=O) groups excluding carboxylic acids is 1. The molecule has 0 aromatic heterocycles. The Morgan fingerprint density at radius 3 is 2.58 bits per heavy atom. The fourth-order valence-corrected chi connectivity index (χ4v) is 2.93. The Morgan fingerprint density at radius 1 is 1.32 bits per heavy atom. The van der Waals surface area contributed by atoms with E-state index in [0.29, 0.717) is 6.54 Å². The molecule has 0 radical (unpaired) electrons. The highest BCUT2D eigenvalue weighted by atomic mass is 32.2. The van der Waals surface area contributed by atoms with E-state index in [1.807, 2.05) is 0 Å². The molecule has 0 aliphatic heterocycles. The lowest BCUT2D eigenvalue weighted by atomic mass is 10.0. The van der Waals surface area contributed by atoms with Crippen molar-refractivity contribution in [3.05, 3.63) is 30.1 Å². The topological polar surface area (TPSA) is 49.3 Å². The summed E-state index contributed by atoms with van der Waals surface area (Å²) in [5, 5.41) is 12.9. The lowest BCUT2D eigenvalue weighted by Gasteiger charge is -2.22. The largest absolute Gasteiger partial charge is 0.388 e. The van der Waals surface area contributed by atoms with E-state index in [-0.39, 0.29) is 17.5 Å². The maximum atomic E-state index is 12.7. The first-order valence-electron chi connectivity index (χ1n) is 6.45. The van der Waals surface area contributed by atoms with Gasteiger partial charge in [-0.15, -0.1) is 11.8 Å². The van der Waals surface area contributed by atoms with Gasteiger partial charge in [-0.25, -0.2) is 4.39 Å². The molecule has 0 spiro atoms. The van der Waals surface area contributed by atoms with Crippen LogP contribution in [0, 0.1) is 5.82 Å². The van der Waals surface area contributed by atoms with Gasteiger partial charge in [0.15, 0.2) is 0 Å². The summed E-state index contributed by atoms with van der Waals surface area (Å²) < 4.78 is 12.7. The van der Waals surface area contributed by atoms with Crippen LogP contribution in [0.15, 0.2) is 29.2 Å². The fraction of sp³-hybridized carbons (Fsp3) is 0.500. The standard InChI is InChI=1S/C14H18FNO2S/c15-11-3-5-12(6-4-11)19-9-13(17)16-10-14(18)7-1-2-8-14/h3-6,18H,1-2,7-10H2,(H,16,17). The van der Waals surface area contributed by atoms with Gasteiger partial charge in [0.05, 0.1) is 11.4 Å². The van der Waals surface area contributed by atoms with E-state index in [2.05, 4.69) is 5.32 Å². The highest BCUT2D eigenvalue weighted by Crippen LogP contribution is 2.28. The third-order valence-corrected chi connectivity index (χ3v) is 4.34. The van der Waals surface area contributed by atoms with Crippen molar-refractivity contribution >= 4 is 17.7 Å². The summed E-state index contributed by atoms with van der Waals surface area (Å²) in [5.41, 5.74) is -0.712. The molecule has 2 rings (SSSR count). The van der Waals surface area contributed by atoms with Crippen molar-refractivity contribution in [1.82, 2.24) is 5.32 Å². The lowest BCUT2D eigenvalue weighted by Crippen LogP contribution is -2.41. The Balaban J connectivity index is 1.71. The van der Waals surface area contributed by atoms with Crippen molar-refractivity contribution in [2.24, 2.45) is 0 Å². The Hall–Kier alpha value is -1.07. The van der Waals surface area contributed by atoms with Crippen LogP contribution in [0.25, 0.3) is 0 Å². The van der Waals surface area contributed by atoms with Crippen LogP contribution in [0.4, 0.5) is 4.39 Å². The van der Waals surface area contributed by atoms with Crippen molar-refractivity contribution in [3.8, 4) is 0 Å². The molecule has 0 atom stereocenters. The lowest BCUT2D eigenvalue weighted by molar-refractivity contribution is -0.119. The molecule has 1 saturated carbocycles. The van der Waals surface area contributed by atoms with Crippen LogP contribution < -0.4 is 5.32 Å². The van der Waals surface area contributed by atoms with Gasteiger partial charge in [0.1, 0.15) is 5.82 Å². The zero-order valence-corrected chi connectivity index (χ0v) is 11.5. The first kappa shape index (κ1) is 14.3. The smallest absolute Gasteiger partial charge is 0.230 e. The highest BCUT2D eigenvalue weighted by molar-refractivity contribution is 8.00. The number of rotatable bonds is 5. The molecule has 1 aliphatic rings. The summed E-state index contributed by atoms with van der Waals surface area (Å²) in [4.78, 5) is 12.5. The van der Waals surface area contributed by atoms with E-state index in [0.717, 1.165) is 30.6 Å². The molecule has 0 unspecified atom stereocenters. The van der Waals surface area contributed by atoms with E-state index < -0.39 is 5.60 Å². The first-order valence-corrected chi connectivity index (χ1v) is 7.43. The predicted molar refractivity (Wildman–Crippen MR) is 73.6 cm³/mol. The number of halogens is 1. The molecule has 2 N–H and O–H groups in total. The van der Waals surface area contributed by atoms with E-state index in [1.165, 1.54) is 23.9 Å². The van der Waals surface area contributed by atoms with Crippen LogP contribution in [0.3, 0.4) is 0 Å². The second kappa shape index (κ2) is 6.39. The average molecular weight is 283 g/mol. The number of amides is 1. The van der Waals surface area contributed by atoms with Gasteiger partial charge in [-0.2, -0.15) is 0 Å². The minimum Gasteiger partial charge on any atom is -0.388 e. The zero-order valence-electron chi connectivity index (χ0n) is 10.7. The number of nitrogens with one attached hydrogen (secondary N) is 1. The Labute approximate surface area is 116 Å². The van der Waals surface area contributed by atoms with Crippen molar-refractivity contribution in [2.45, 2.75) is 36.2 Å². The van der Waals surface area contributed by atoms with Crippen molar-refractivity contribution < 1.29 is 14.3 Å². The molecule has 0 saturated heterocycles. The first-order chi connectivity index (χ1) is 9.07. The van der Waals surface area contributed by atoms with Crippen LogP contribution in [0.2, 0.25) is 0 Å². The van der Waals surface area contributed by atoms with Gasteiger partial charge in [0, 0.05) is 11.4 Å². The minimum absolute atomic E-state index is 0.102. The summed E-state index contributed by atoms with van der Waals surface area (Å²) in [6.07, 6.45) is 3.57. The molecule has 1 amide bonds. The summed E-state index contributed by atoms with van der Waals surface area (Å²) in [6, 6.07) is 6.05. The van der Waals surface area contributed by atoms with Crippen LogP contribution in [-0.4, -0.2) is 28.9 Å². The van der Waals surface area contributed by atoms with Gasteiger partial charge in [0.25, 0.3) is 0 Å². The van der Waals surface area contributed by atoms with Crippen LogP contribution in [0.1, 0.15) is 25.7 Å². The molecule has 3 nitrogen and oxygen atoms in total. The Kier molecular flexibility index (Phi) is 4.82. The van der Waals surface area contributed by atoms with Gasteiger partial charge in [-0.1, -0.05) is 12.8 Å². The van der Waals surface area contributed by atoms with Gasteiger partial charge in [-0.05, 0) is 37.1 Å². The molecular formula is C14H18FNO2S. The van der Waals surface area contributed by atoms with Gasteiger partial charge in [0.2, 0.25) is 5.91 Å². The SMILES string of the molecule is O=C(CSc1ccc(F)cc1)NCC1(O)CCCC1. The molecule has 19 heavy (non-hydrogen) atoms. The summed E-state index contributed by atoms with van der Waals surface area (Å²) in [5.74, 6) is -0.103. The number of thioether (sulfide) groups is 1. The second-order valence-corrected chi connectivity index (χ2v) is 6.00. The second-order valence-electron chi connectivity index (χ2n) is 4.95. The molecule has 1 aromatic carbocycles. The minimum atomic E-state index is -0.712. The maximum absolute atomic E-state index is 12.7. The van der Waals surface area contributed by atoms with Gasteiger partial charge in [-0.3, -0.25) is 4.79 Å². The van der Waals surface area contributed by atoms with Crippen LogP contribution >= 0.6 is 11.8 Å². The zero-order chi connectivity index (χ0) is 13.7. The molecule has 0 bridgehead atoms. The number of benzene rings is 1. The Bertz CT molecular complexity index is 430. The van der Waals surface area contributed by atoms with E-state index in [1.54, 1.807) is 12.1 Å². The Morgan fingerprint density at radius 2 is 1.95 bits per heavy atom. The predicted octanol–water partition coefficient (Wildman–Crippen LogP) is 2.34. The molecule has 5 heteroatoms. The van der Waals surface area contributed by atoms with Crippen molar-refractivity contribution in [1.29, 1.82) is 0 Å². The summed E-state index contributed by atoms with van der Waals surface area (Å²) in [7, 11) is 0. The van der Waals surface area contributed by atoms with Crippen LogP contribution in [-0.2, 0) is 4.79 Å². The summed E-state index contributed by atoms with van der Waals surface area (Å²) in [6.45, 7) is 0.329. The molecular weight excluding hydrogens is 265 g/mol. The quantitative estimate of drug-likeness (QED) is 0.816. The fourth-order valence-electron chi connectivity index (χ4n) is 2.20. The number of hydrogen-bond acceptors (Lipinski definition) is 3. The van der Waals surface area contributed by atoms with Gasteiger partial charge < -0.3 is 10.4 Å². The third-order valence-electron chi connectivity index (χ3n) is 3.33. The highest BCUT2D eigenvalue weighted by Gasteiger charge is 2.31. The molecule has 1 fully saturated rings. The van der Waals surface area contributed by atoms with E-state index in [4.69, 9.17) is 0 Å². The van der Waals surface area contributed by atoms with Crippen molar-refractivity contribution in [2.75, 3.05) is 12.3 Å². The van der Waals surface area contributed by atoms with Crippen LogP contribution in [0.5, 0.6) is 0 Å². The molecule has 1 aliphatic carbocycles. The number of aliphatic hydroxyl groups is 1. The maximum Gasteiger partial charge on any atom is 0.230 e. The average Bonchev–Trinajstić information content (AvgIpc) is 2.83. The van der Waals surface area contributed by atoms with Crippen molar-refractivity contribution in [3.63, 3.8) is 0 Å².